The predicted molar refractivity (Wildman–Crippen MR) is 116 cm³/mol. The number of hydrogen-bond donors (Lipinski definition) is 3. The van der Waals surface area contributed by atoms with Crippen molar-refractivity contribution >= 4 is 41.2 Å². The number of anilines is 1. The standard InChI is InChI=1S/C21H23ClN4O4/c1-14(2)11-23-20(28)21(29)26-24-12-15-5-3-4-6-18(15)30-13-19(27)25-17-9-7-16(22)8-10-17/h3-10,12,14H,11,13H2,1-2H3,(H,23,28)(H,25,27)(H,26,29)/b24-12-. The van der Waals surface area contributed by atoms with Crippen molar-refractivity contribution in [2.45, 2.75) is 13.8 Å². The highest BCUT2D eigenvalue weighted by atomic mass is 35.5. The Labute approximate surface area is 179 Å². The minimum atomic E-state index is -0.868. The topological polar surface area (TPSA) is 109 Å². The molecule has 0 saturated heterocycles. The van der Waals surface area contributed by atoms with E-state index in [0.29, 0.717) is 28.6 Å². The minimum Gasteiger partial charge on any atom is -0.483 e. The van der Waals surface area contributed by atoms with E-state index in [1.54, 1.807) is 48.5 Å². The molecule has 0 saturated carbocycles. The van der Waals surface area contributed by atoms with Crippen LogP contribution in [0.25, 0.3) is 0 Å². The lowest BCUT2D eigenvalue weighted by Gasteiger charge is -2.09. The summed E-state index contributed by atoms with van der Waals surface area (Å²) in [5, 5.41) is 9.53. The molecule has 0 atom stereocenters. The Hall–Kier alpha value is -3.39. The van der Waals surface area contributed by atoms with Crippen LogP contribution in [0.2, 0.25) is 5.02 Å². The maximum absolute atomic E-state index is 12.1. The fraction of sp³-hybridized carbons (Fsp3) is 0.238. The monoisotopic (exact) mass is 430 g/mol. The van der Waals surface area contributed by atoms with Crippen LogP contribution in [-0.2, 0) is 14.4 Å². The molecule has 0 aliphatic heterocycles. The molecule has 3 N–H and O–H groups in total. The zero-order valence-corrected chi connectivity index (χ0v) is 17.4. The molecule has 3 amide bonds. The number of hydrogen-bond acceptors (Lipinski definition) is 5. The Morgan fingerprint density at radius 3 is 2.47 bits per heavy atom. The minimum absolute atomic E-state index is 0.225. The molecule has 0 unspecified atom stereocenters. The van der Waals surface area contributed by atoms with E-state index >= 15 is 0 Å². The number of ether oxygens (including phenoxy) is 1. The maximum Gasteiger partial charge on any atom is 0.329 e. The molecule has 0 aliphatic rings. The van der Waals surface area contributed by atoms with Crippen LogP contribution in [0, 0.1) is 5.92 Å². The first kappa shape index (κ1) is 22.9. The van der Waals surface area contributed by atoms with Crippen LogP contribution in [0.15, 0.2) is 53.6 Å². The molecular formula is C21H23ClN4O4. The van der Waals surface area contributed by atoms with Crippen LogP contribution >= 0.6 is 11.6 Å². The van der Waals surface area contributed by atoms with Gasteiger partial charge in [0.1, 0.15) is 5.75 Å². The number of halogens is 1. The number of hydrazone groups is 1. The SMILES string of the molecule is CC(C)CNC(=O)C(=O)N/N=C\c1ccccc1OCC(=O)Nc1ccc(Cl)cc1. The molecule has 8 nitrogen and oxygen atoms in total. The van der Waals surface area contributed by atoms with Gasteiger partial charge in [-0.1, -0.05) is 37.6 Å². The van der Waals surface area contributed by atoms with E-state index in [-0.39, 0.29) is 18.4 Å². The molecule has 9 heteroatoms. The summed E-state index contributed by atoms with van der Waals surface area (Å²) < 4.78 is 5.54. The second-order valence-corrected chi connectivity index (χ2v) is 7.12. The molecule has 0 heterocycles. The van der Waals surface area contributed by atoms with Crippen LogP contribution in [0.5, 0.6) is 5.75 Å². The average molecular weight is 431 g/mol. The molecule has 2 aromatic rings. The summed E-state index contributed by atoms with van der Waals surface area (Å²) in [5.74, 6) is -1.35. The van der Waals surface area contributed by atoms with Gasteiger partial charge in [-0.15, -0.1) is 0 Å². The summed E-state index contributed by atoms with van der Waals surface area (Å²) in [7, 11) is 0. The lowest BCUT2D eigenvalue weighted by molar-refractivity contribution is -0.139. The number of rotatable bonds is 8. The second-order valence-electron chi connectivity index (χ2n) is 6.68. The van der Waals surface area contributed by atoms with Gasteiger partial charge in [-0.3, -0.25) is 14.4 Å². The third-order valence-electron chi connectivity index (χ3n) is 3.65. The van der Waals surface area contributed by atoms with Gasteiger partial charge in [0.05, 0.1) is 6.21 Å². The van der Waals surface area contributed by atoms with Crippen molar-refractivity contribution in [1.29, 1.82) is 0 Å². The smallest absolute Gasteiger partial charge is 0.329 e. The average Bonchev–Trinajstić information content (AvgIpc) is 2.72. The van der Waals surface area contributed by atoms with Gasteiger partial charge in [-0.2, -0.15) is 5.10 Å². The summed E-state index contributed by atoms with van der Waals surface area (Å²) in [4.78, 5) is 35.4. The zero-order chi connectivity index (χ0) is 21.9. The first-order chi connectivity index (χ1) is 14.3. The normalized spacial score (nSPS) is 10.7. The molecular weight excluding hydrogens is 408 g/mol. The third kappa shape index (κ3) is 7.92. The molecule has 0 aromatic heterocycles. The summed E-state index contributed by atoms with van der Waals surface area (Å²) in [6, 6.07) is 13.5. The number of nitrogens with zero attached hydrogens (tertiary/aromatic N) is 1. The molecule has 0 radical (unpaired) electrons. The van der Waals surface area contributed by atoms with E-state index in [4.69, 9.17) is 16.3 Å². The fourth-order valence-electron chi connectivity index (χ4n) is 2.18. The van der Waals surface area contributed by atoms with Crippen LogP contribution in [-0.4, -0.2) is 37.1 Å². The van der Waals surface area contributed by atoms with E-state index < -0.39 is 11.8 Å². The lowest BCUT2D eigenvalue weighted by Crippen LogP contribution is -2.39. The Morgan fingerprint density at radius 2 is 1.77 bits per heavy atom. The first-order valence-corrected chi connectivity index (χ1v) is 9.61. The Bertz CT molecular complexity index is 913. The van der Waals surface area contributed by atoms with Gasteiger partial charge in [0.25, 0.3) is 5.91 Å². The van der Waals surface area contributed by atoms with Gasteiger partial charge in [0.15, 0.2) is 6.61 Å². The van der Waals surface area contributed by atoms with E-state index in [1.165, 1.54) is 6.21 Å². The third-order valence-corrected chi connectivity index (χ3v) is 3.90. The largest absolute Gasteiger partial charge is 0.483 e. The van der Waals surface area contributed by atoms with Crippen LogP contribution < -0.4 is 20.8 Å². The molecule has 0 bridgehead atoms. The van der Waals surface area contributed by atoms with Gasteiger partial charge in [0, 0.05) is 22.8 Å². The highest BCUT2D eigenvalue weighted by Gasteiger charge is 2.12. The summed E-state index contributed by atoms with van der Waals surface area (Å²) in [6.45, 7) is 4.01. The molecule has 158 valence electrons. The summed E-state index contributed by atoms with van der Waals surface area (Å²) in [5.41, 5.74) is 3.28. The number of amides is 3. The molecule has 30 heavy (non-hydrogen) atoms. The van der Waals surface area contributed by atoms with Crippen molar-refractivity contribution in [2.24, 2.45) is 11.0 Å². The Kier molecular flexibility index (Phi) is 8.83. The first-order valence-electron chi connectivity index (χ1n) is 9.23. The number of carbonyl (C=O) groups is 3. The van der Waals surface area contributed by atoms with E-state index in [1.807, 2.05) is 13.8 Å². The predicted octanol–water partition coefficient (Wildman–Crippen LogP) is 2.58. The number of nitrogens with one attached hydrogen (secondary N) is 3. The van der Waals surface area contributed by atoms with Gasteiger partial charge < -0.3 is 15.4 Å². The van der Waals surface area contributed by atoms with E-state index in [2.05, 4.69) is 21.2 Å². The molecule has 0 fully saturated rings. The van der Waals surface area contributed by atoms with Crippen molar-refractivity contribution in [1.82, 2.24) is 10.7 Å². The second kappa shape index (κ2) is 11.6. The fourth-order valence-corrected chi connectivity index (χ4v) is 2.31. The van der Waals surface area contributed by atoms with Crippen molar-refractivity contribution in [3.63, 3.8) is 0 Å². The summed E-state index contributed by atoms with van der Waals surface area (Å²) in [6.07, 6.45) is 1.33. The maximum atomic E-state index is 12.1. The summed E-state index contributed by atoms with van der Waals surface area (Å²) >= 11 is 5.82. The van der Waals surface area contributed by atoms with Gasteiger partial charge in [-0.25, -0.2) is 5.43 Å². The molecule has 2 aromatic carbocycles. The Morgan fingerprint density at radius 1 is 1.07 bits per heavy atom. The van der Waals surface area contributed by atoms with E-state index in [0.717, 1.165) is 0 Å². The van der Waals surface area contributed by atoms with Gasteiger partial charge in [0.2, 0.25) is 0 Å². The van der Waals surface area contributed by atoms with Crippen molar-refractivity contribution < 1.29 is 19.1 Å². The molecule has 2 rings (SSSR count). The van der Waals surface area contributed by atoms with Crippen LogP contribution in [0.3, 0.4) is 0 Å². The molecule has 0 spiro atoms. The number of carbonyl (C=O) groups excluding carboxylic acids is 3. The number of para-hydroxylation sites is 1. The van der Waals surface area contributed by atoms with Gasteiger partial charge in [-0.05, 0) is 42.3 Å². The van der Waals surface area contributed by atoms with Gasteiger partial charge >= 0.3 is 11.8 Å². The molecule has 0 aliphatic carbocycles. The van der Waals surface area contributed by atoms with Crippen molar-refractivity contribution in [3.05, 3.63) is 59.1 Å². The number of benzene rings is 2. The van der Waals surface area contributed by atoms with E-state index in [9.17, 15) is 14.4 Å². The highest BCUT2D eigenvalue weighted by molar-refractivity contribution is 6.35. The zero-order valence-electron chi connectivity index (χ0n) is 16.6. The van der Waals surface area contributed by atoms with Crippen molar-refractivity contribution in [3.8, 4) is 5.75 Å². The highest BCUT2D eigenvalue weighted by Crippen LogP contribution is 2.16. The Balaban J connectivity index is 1.88. The van der Waals surface area contributed by atoms with Crippen molar-refractivity contribution in [2.75, 3.05) is 18.5 Å². The van der Waals surface area contributed by atoms with Crippen LogP contribution in [0.4, 0.5) is 5.69 Å². The van der Waals surface area contributed by atoms with Crippen LogP contribution in [0.1, 0.15) is 19.4 Å². The quantitative estimate of drug-likeness (QED) is 0.339. The lowest BCUT2D eigenvalue weighted by atomic mass is 10.2.